The molecular formula is C7H3BrN2O2. The second-order valence-corrected chi connectivity index (χ2v) is 2.89. The monoisotopic (exact) mass is 226 g/mol. The van der Waals surface area contributed by atoms with Gasteiger partial charge in [0.05, 0.1) is 0 Å². The van der Waals surface area contributed by atoms with Crippen LogP contribution in [0.5, 0.6) is 0 Å². The van der Waals surface area contributed by atoms with E-state index in [0.29, 0.717) is 4.47 Å². The summed E-state index contributed by atoms with van der Waals surface area (Å²) in [6.07, 6.45) is 0. The molecular weight excluding hydrogens is 224 g/mol. The van der Waals surface area contributed by atoms with Crippen LogP contribution in [0.3, 0.4) is 0 Å². The predicted octanol–water partition coefficient (Wildman–Crippen LogP) is 1.41. The molecule has 1 rings (SSSR count). The number of hydrogen-bond donors (Lipinski definition) is 1. The SMILES string of the molecule is N#Cc1cc(Br)cc(C(=O)O)n1. The first-order chi connectivity index (χ1) is 5.63. The van der Waals surface area contributed by atoms with Crippen LogP contribution in [0.15, 0.2) is 16.6 Å². The van der Waals surface area contributed by atoms with Crippen LogP contribution in [0.1, 0.15) is 16.2 Å². The van der Waals surface area contributed by atoms with Crippen LogP contribution in [-0.4, -0.2) is 16.1 Å². The van der Waals surface area contributed by atoms with E-state index in [0.717, 1.165) is 0 Å². The molecule has 0 aliphatic carbocycles. The van der Waals surface area contributed by atoms with Gasteiger partial charge in [-0.15, -0.1) is 0 Å². The van der Waals surface area contributed by atoms with Crippen LogP contribution in [0.2, 0.25) is 0 Å². The molecule has 0 radical (unpaired) electrons. The molecule has 0 saturated heterocycles. The Labute approximate surface area is 76.6 Å². The normalized spacial score (nSPS) is 9.00. The first-order valence-electron chi connectivity index (χ1n) is 2.94. The number of halogens is 1. The van der Waals surface area contributed by atoms with Crippen LogP contribution in [0.4, 0.5) is 0 Å². The van der Waals surface area contributed by atoms with Gasteiger partial charge in [0.2, 0.25) is 0 Å². The van der Waals surface area contributed by atoms with Gasteiger partial charge in [0, 0.05) is 4.47 Å². The van der Waals surface area contributed by atoms with Crippen molar-refractivity contribution in [2.45, 2.75) is 0 Å². The van der Waals surface area contributed by atoms with E-state index in [4.69, 9.17) is 10.4 Å². The zero-order chi connectivity index (χ0) is 9.14. The zero-order valence-corrected chi connectivity index (χ0v) is 7.37. The third-order valence-corrected chi connectivity index (χ3v) is 1.58. The lowest BCUT2D eigenvalue weighted by Crippen LogP contribution is -2.01. The largest absolute Gasteiger partial charge is 0.477 e. The van der Waals surface area contributed by atoms with Gasteiger partial charge in [0.15, 0.2) is 5.69 Å². The Bertz CT molecular complexity index is 370. The number of aromatic nitrogens is 1. The highest BCUT2D eigenvalue weighted by Crippen LogP contribution is 2.12. The maximum Gasteiger partial charge on any atom is 0.354 e. The molecule has 0 aromatic carbocycles. The van der Waals surface area contributed by atoms with Gasteiger partial charge in [-0.25, -0.2) is 9.78 Å². The van der Waals surface area contributed by atoms with E-state index in [2.05, 4.69) is 20.9 Å². The summed E-state index contributed by atoms with van der Waals surface area (Å²) >= 11 is 3.07. The summed E-state index contributed by atoms with van der Waals surface area (Å²) in [4.78, 5) is 14.0. The van der Waals surface area contributed by atoms with Crippen LogP contribution in [0.25, 0.3) is 0 Å². The van der Waals surface area contributed by atoms with Gasteiger partial charge >= 0.3 is 5.97 Å². The number of aromatic carboxylic acids is 1. The van der Waals surface area contributed by atoms with Crippen molar-refractivity contribution in [1.82, 2.24) is 4.98 Å². The third kappa shape index (κ3) is 1.80. The fourth-order valence-corrected chi connectivity index (χ4v) is 1.10. The summed E-state index contributed by atoms with van der Waals surface area (Å²) in [5.41, 5.74) is -0.0531. The number of carbonyl (C=O) groups is 1. The van der Waals surface area contributed by atoms with E-state index in [9.17, 15) is 4.79 Å². The molecule has 4 nitrogen and oxygen atoms in total. The lowest BCUT2D eigenvalue weighted by Gasteiger charge is -1.94. The van der Waals surface area contributed by atoms with Crippen molar-refractivity contribution in [3.8, 4) is 6.07 Å². The standard InChI is InChI=1S/C7H3BrN2O2/c8-4-1-5(3-9)10-6(2-4)7(11)12/h1-2H,(H,11,12). The van der Waals surface area contributed by atoms with E-state index >= 15 is 0 Å². The van der Waals surface area contributed by atoms with Gasteiger partial charge in [0.1, 0.15) is 11.8 Å². The quantitative estimate of drug-likeness (QED) is 0.786. The smallest absolute Gasteiger partial charge is 0.354 e. The lowest BCUT2D eigenvalue weighted by molar-refractivity contribution is 0.0690. The molecule has 0 atom stereocenters. The predicted molar refractivity (Wildman–Crippen MR) is 43.6 cm³/mol. The molecule has 0 bridgehead atoms. The summed E-state index contributed by atoms with van der Waals surface area (Å²) in [7, 11) is 0. The first-order valence-corrected chi connectivity index (χ1v) is 3.74. The number of hydrogen-bond acceptors (Lipinski definition) is 3. The molecule has 60 valence electrons. The highest BCUT2D eigenvalue weighted by atomic mass is 79.9. The van der Waals surface area contributed by atoms with Crippen molar-refractivity contribution < 1.29 is 9.90 Å². The second-order valence-electron chi connectivity index (χ2n) is 1.97. The molecule has 0 saturated carbocycles. The van der Waals surface area contributed by atoms with Crippen LogP contribution < -0.4 is 0 Å². The van der Waals surface area contributed by atoms with Gasteiger partial charge in [-0.3, -0.25) is 0 Å². The topological polar surface area (TPSA) is 74.0 Å². The Hall–Kier alpha value is -1.41. The van der Waals surface area contributed by atoms with E-state index in [1.807, 2.05) is 0 Å². The Balaban J connectivity index is 3.26. The molecule has 1 heterocycles. The van der Waals surface area contributed by atoms with Crippen molar-refractivity contribution in [2.75, 3.05) is 0 Å². The molecule has 1 aromatic rings. The Morgan fingerprint density at radius 2 is 2.33 bits per heavy atom. The van der Waals surface area contributed by atoms with Crippen LogP contribution in [-0.2, 0) is 0 Å². The van der Waals surface area contributed by atoms with E-state index in [1.165, 1.54) is 12.1 Å². The molecule has 12 heavy (non-hydrogen) atoms. The molecule has 0 spiro atoms. The van der Waals surface area contributed by atoms with Crippen LogP contribution >= 0.6 is 15.9 Å². The second kappa shape index (κ2) is 3.32. The number of carboxylic acid groups (broad SMARTS) is 1. The van der Waals surface area contributed by atoms with Crippen LogP contribution in [0, 0.1) is 11.3 Å². The maximum absolute atomic E-state index is 10.4. The van der Waals surface area contributed by atoms with Crippen molar-refractivity contribution in [3.63, 3.8) is 0 Å². The Kier molecular flexibility index (Phi) is 2.41. The highest BCUT2D eigenvalue weighted by molar-refractivity contribution is 9.10. The maximum atomic E-state index is 10.4. The summed E-state index contributed by atoms with van der Waals surface area (Å²) in [6.45, 7) is 0. The minimum Gasteiger partial charge on any atom is -0.477 e. The molecule has 0 unspecified atom stereocenters. The van der Waals surface area contributed by atoms with Crippen molar-refractivity contribution >= 4 is 21.9 Å². The average molecular weight is 227 g/mol. The average Bonchev–Trinajstić information content (AvgIpc) is 2.03. The first kappa shape index (κ1) is 8.68. The summed E-state index contributed by atoms with van der Waals surface area (Å²) in [5, 5.41) is 17.0. The van der Waals surface area contributed by atoms with E-state index < -0.39 is 5.97 Å². The van der Waals surface area contributed by atoms with Gasteiger partial charge in [-0.05, 0) is 12.1 Å². The number of rotatable bonds is 1. The molecule has 1 N–H and O–H groups in total. The van der Waals surface area contributed by atoms with Crippen molar-refractivity contribution in [2.24, 2.45) is 0 Å². The van der Waals surface area contributed by atoms with Gasteiger partial charge in [-0.1, -0.05) is 15.9 Å². The summed E-state index contributed by atoms with van der Waals surface area (Å²) in [5.74, 6) is -1.15. The molecule has 0 aliphatic heterocycles. The Morgan fingerprint density at radius 1 is 1.67 bits per heavy atom. The van der Waals surface area contributed by atoms with E-state index in [-0.39, 0.29) is 11.4 Å². The zero-order valence-electron chi connectivity index (χ0n) is 5.78. The van der Waals surface area contributed by atoms with Gasteiger partial charge in [0.25, 0.3) is 0 Å². The molecule has 5 heteroatoms. The van der Waals surface area contributed by atoms with Gasteiger partial charge < -0.3 is 5.11 Å². The summed E-state index contributed by atoms with van der Waals surface area (Å²) in [6, 6.07) is 4.55. The fraction of sp³-hybridized carbons (Fsp3) is 0. The minimum atomic E-state index is -1.15. The van der Waals surface area contributed by atoms with Gasteiger partial charge in [-0.2, -0.15) is 5.26 Å². The molecule has 0 amide bonds. The number of pyridine rings is 1. The number of carboxylic acids is 1. The third-order valence-electron chi connectivity index (χ3n) is 1.12. The molecule has 0 fully saturated rings. The van der Waals surface area contributed by atoms with Crippen molar-refractivity contribution in [1.29, 1.82) is 5.26 Å². The molecule has 0 aliphatic rings. The highest BCUT2D eigenvalue weighted by Gasteiger charge is 2.06. The Morgan fingerprint density at radius 3 is 2.83 bits per heavy atom. The van der Waals surface area contributed by atoms with E-state index in [1.54, 1.807) is 6.07 Å². The minimum absolute atomic E-state index is 0.0850. The summed E-state index contributed by atoms with van der Waals surface area (Å²) < 4.78 is 0.534. The number of nitriles is 1. The number of nitrogens with zero attached hydrogens (tertiary/aromatic N) is 2. The lowest BCUT2D eigenvalue weighted by atomic mass is 10.3. The molecule has 1 aromatic heterocycles. The fourth-order valence-electron chi connectivity index (χ4n) is 0.664. The van der Waals surface area contributed by atoms with Crippen molar-refractivity contribution in [3.05, 3.63) is 28.0 Å².